The first-order chi connectivity index (χ1) is 7.59. The van der Waals surface area contributed by atoms with Gasteiger partial charge in [-0.2, -0.15) is 0 Å². The summed E-state index contributed by atoms with van der Waals surface area (Å²) in [6, 6.07) is 4.26. The van der Waals surface area contributed by atoms with Gasteiger partial charge in [-0.1, -0.05) is 0 Å². The van der Waals surface area contributed by atoms with Gasteiger partial charge >= 0.3 is 5.97 Å². The third-order valence-electron chi connectivity index (χ3n) is 2.02. The number of anilines is 1. The third kappa shape index (κ3) is 4.53. The zero-order valence-electron chi connectivity index (χ0n) is 8.78. The molecule has 3 nitrogen and oxygen atoms in total. The van der Waals surface area contributed by atoms with Crippen LogP contribution < -0.4 is 5.73 Å². The van der Waals surface area contributed by atoms with Crippen LogP contribution >= 0.6 is 11.8 Å². The Morgan fingerprint density at radius 1 is 1.44 bits per heavy atom. The van der Waals surface area contributed by atoms with Gasteiger partial charge in [0.15, 0.2) is 0 Å². The molecule has 0 fully saturated rings. The van der Waals surface area contributed by atoms with Crippen LogP contribution in [0.25, 0.3) is 0 Å². The van der Waals surface area contributed by atoms with Crippen LogP contribution in [0.1, 0.15) is 19.3 Å². The van der Waals surface area contributed by atoms with Gasteiger partial charge < -0.3 is 10.8 Å². The lowest BCUT2D eigenvalue weighted by Crippen LogP contribution is -1.95. The van der Waals surface area contributed by atoms with E-state index in [2.05, 4.69) is 0 Å². The first-order valence-electron chi connectivity index (χ1n) is 4.99. The Kier molecular flexibility index (Phi) is 5.11. The highest BCUT2D eigenvalue weighted by atomic mass is 32.2. The molecule has 0 saturated heterocycles. The average Bonchev–Trinajstić information content (AvgIpc) is 2.22. The van der Waals surface area contributed by atoms with E-state index in [4.69, 9.17) is 10.8 Å². The van der Waals surface area contributed by atoms with Crippen molar-refractivity contribution >= 4 is 23.4 Å². The molecule has 1 aromatic rings. The van der Waals surface area contributed by atoms with Gasteiger partial charge in [0.05, 0.1) is 0 Å². The fourth-order valence-corrected chi connectivity index (χ4v) is 2.19. The summed E-state index contributed by atoms with van der Waals surface area (Å²) in [7, 11) is 0. The lowest BCUT2D eigenvalue weighted by atomic mass is 10.2. The zero-order valence-corrected chi connectivity index (χ0v) is 9.60. The lowest BCUT2D eigenvalue weighted by molar-refractivity contribution is -0.137. The van der Waals surface area contributed by atoms with Crippen LogP contribution in [0.15, 0.2) is 23.1 Å². The minimum atomic E-state index is -0.782. The van der Waals surface area contributed by atoms with Gasteiger partial charge in [0.2, 0.25) is 0 Å². The van der Waals surface area contributed by atoms with Crippen LogP contribution in [0.4, 0.5) is 10.1 Å². The Bertz CT molecular complexity index is 371. The molecule has 16 heavy (non-hydrogen) atoms. The van der Waals surface area contributed by atoms with Crippen LogP contribution in [0.3, 0.4) is 0 Å². The van der Waals surface area contributed by atoms with E-state index in [1.807, 2.05) is 0 Å². The number of carboxylic acid groups (broad SMARTS) is 1. The number of halogens is 1. The molecule has 0 spiro atoms. The minimum absolute atomic E-state index is 0.180. The number of aliphatic carboxylic acids is 1. The molecule has 0 aromatic heterocycles. The van der Waals surface area contributed by atoms with E-state index in [9.17, 15) is 9.18 Å². The van der Waals surface area contributed by atoms with Crippen molar-refractivity contribution in [2.75, 3.05) is 11.5 Å². The molecule has 0 radical (unpaired) electrons. The summed E-state index contributed by atoms with van der Waals surface area (Å²) in [6.07, 6.45) is 1.60. The van der Waals surface area contributed by atoms with E-state index in [0.717, 1.165) is 17.1 Å². The zero-order chi connectivity index (χ0) is 12.0. The first kappa shape index (κ1) is 12.8. The van der Waals surface area contributed by atoms with Crippen molar-refractivity contribution in [3.05, 3.63) is 24.0 Å². The summed E-state index contributed by atoms with van der Waals surface area (Å²) in [5.41, 5.74) is 6.23. The van der Waals surface area contributed by atoms with Gasteiger partial charge in [-0.05, 0) is 36.8 Å². The Morgan fingerprint density at radius 2 is 2.19 bits per heavy atom. The highest BCUT2D eigenvalue weighted by Gasteiger charge is 2.02. The number of nitrogens with two attached hydrogens (primary N) is 1. The van der Waals surface area contributed by atoms with E-state index in [0.29, 0.717) is 12.1 Å². The highest BCUT2D eigenvalue weighted by Crippen LogP contribution is 2.26. The van der Waals surface area contributed by atoms with E-state index < -0.39 is 5.97 Å². The molecule has 0 heterocycles. The van der Waals surface area contributed by atoms with Gasteiger partial charge in [-0.25, -0.2) is 4.39 Å². The number of carboxylic acids is 1. The molecule has 0 atom stereocenters. The van der Waals surface area contributed by atoms with E-state index >= 15 is 0 Å². The summed E-state index contributed by atoms with van der Waals surface area (Å²) in [5.74, 6) is -0.335. The highest BCUT2D eigenvalue weighted by molar-refractivity contribution is 7.99. The molecule has 0 saturated carbocycles. The predicted octanol–water partition coefficient (Wildman–Crippen LogP) is 2.75. The second-order valence-electron chi connectivity index (χ2n) is 3.38. The lowest BCUT2D eigenvalue weighted by Gasteiger charge is -2.04. The number of hydrogen-bond acceptors (Lipinski definition) is 3. The topological polar surface area (TPSA) is 63.3 Å². The van der Waals surface area contributed by atoms with Crippen molar-refractivity contribution in [1.82, 2.24) is 0 Å². The summed E-state index contributed by atoms with van der Waals surface area (Å²) in [6.45, 7) is 0. The van der Waals surface area contributed by atoms with Crippen molar-refractivity contribution in [2.45, 2.75) is 24.2 Å². The summed E-state index contributed by atoms with van der Waals surface area (Å²) < 4.78 is 12.9. The predicted molar refractivity (Wildman–Crippen MR) is 63.0 cm³/mol. The summed E-state index contributed by atoms with van der Waals surface area (Å²) in [5, 5.41) is 8.43. The number of carbonyl (C=O) groups is 1. The number of benzene rings is 1. The molecule has 88 valence electrons. The number of thioether (sulfide) groups is 1. The van der Waals surface area contributed by atoms with Crippen LogP contribution in [-0.2, 0) is 4.79 Å². The first-order valence-corrected chi connectivity index (χ1v) is 5.98. The second kappa shape index (κ2) is 6.37. The molecular formula is C11H14FNO2S. The molecule has 0 aliphatic carbocycles. The molecule has 1 rings (SSSR count). The SMILES string of the molecule is Nc1ccc(F)cc1SCCCCC(=O)O. The molecule has 3 N–H and O–H groups in total. The monoisotopic (exact) mass is 243 g/mol. The van der Waals surface area contributed by atoms with Crippen LogP contribution in [0, 0.1) is 5.82 Å². The third-order valence-corrected chi connectivity index (χ3v) is 3.18. The molecule has 0 aliphatic rings. The Hall–Kier alpha value is -1.23. The summed E-state index contributed by atoms with van der Waals surface area (Å²) >= 11 is 1.45. The van der Waals surface area contributed by atoms with Crippen LogP contribution in [0.5, 0.6) is 0 Å². The van der Waals surface area contributed by atoms with Crippen LogP contribution in [-0.4, -0.2) is 16.8 Å². The van der Waals surface area contributed by atoms with Crippen molar-refractivity contribution in [3.63, 3.8) is 0 Å². The van der Waals surface area contributed by atoms with Gasteiger partial charge in [0.1, 0.15) is 5.82 Å². The molecule has 0 unspecified atom stereocenters. The fraction of sp³-hybridized carbons (Fsp3) is 0.364. The number of rotatable bonds is 6. The number of nitrogen functional groups attached to an aromatic ring is 1. The maximum Gasteiger partial charge on any atom is 0.303 e. The van der Waals surface area contributed by atoms with Gasteiger partial charge in [-0.3, -0.25) is 4.79 Å². The fourth-order valence-electron chi connectivity index (χ4n) is 1.19. The van der Waals surface area contributed by atoms with Crippen molar-refractivity contribution < 1.29 is 14.3 Å². The molecule has 0 bridgehead atoms. The Morgan fingerprint density at radius 3 is 2.88 bits per heavy atom. The van der Waals surface area contributed by atoms with E-state index in [1.54, 1.807) is 0 Å². The van der Waals surface area contributed by atoms with E-state index in [1.165, 1.54) is 30.0 Å². The smallest absolute Gasteiger partial charge is 0.303 e. The average molecular weight is 243 g/mol. The van der Waals surface area contributed by atoms with Crippen molar-refractivity contribution in [2.24, 2.45) is 0 Å². The van der Waals surface area contributed by atoms with Gasteiger partial charge in [0.25, 0.3) is 0 Å². The number of hydrogen-bond donors (Lipinski definition) is 2. The molecule has 0 amide bonds. The van der Waals surface area contributed by atoms with Gasteiger partial charge in [-0.15, -0.1) is 11.8 Å². The molecule has 1 aromatic carbocycles. The minimum Gasteiger partial charge on any atom is -0.481 e. The number of unbranched alkanes of at least 4 members (excludes halogenated alkanes) is 1. The summed E-state index contributed by atoms with van der Waals surface area (Å²) in [4.78, 5) is 11.0. The van der Waals surface area contributed by atoms with Crippen molar-refractivity contribution in [3.8, 4) is 0 Å². The van der Waals surface area contributed by atoms with Gasteiger partial charge in [0, 0.05) is 17.0 Å². The largest absolute Gasteiger partial charge is 0.481 e. The maximum atomic E-state index is 12.9. The normalized spacial score (nSPS) is 10.3. The second-order valence-corrected chi connectivity index (χ2v) is 4.52. The molecule has 0 aliphatic heterocycles. The Balaban J connectivity index is 2.31. The Labute approximate surface area is 97.8 Å². The quantitative estimate of drug-likeness (QED) is 0.458. The maximum absolute atomic E-state index is 12.9. The molecule has 5 heteroatoms. The van der Waals surface area contributed by atoms with E-state index in [-0.39, 0.29) is 12.2 Å². The van der Waals surface area contributed by atoms with Crippen molar-refractivity contribution in [1.29, 1.82) is 0 Å². The van der Waals surface area contributed by atoms with Crippen LogP contribution in [0.2, 0.25) is 0 Å². The standard InChI is InChI=1S/C11H14FNO2S/c12-8-4-5-9(13)10(7-8)16-6-2-1-3-11(14)15/h4-5,7H,1-3,6,13H2,(H,14,15). The molecular weight excluding hydrogens is 229 g/mol.